The second-order valence-electron chi connectivity index (χ2n) is 5.29. The number of nitrogens with one attached hydrogen (secondary N) is 2. The van der Waals surface area contributed by atoms with Gasteiger partial charge in [-0.25, -0.2) is 0 Å². The highest BCUT2D eigenvalue weighted by molar-refractivity contribution is 7.12. The quantitative estimate of drug-likeness (QED) is 0.707. The summed E-state index contributed by atoms with van der Waals surface area (Å²) in [5.74, 6) is -0.615. The number of hydrogen-bond acceptors (Lipinski definition) is 4. The molecule has 0 aliphatic rings. The van der Waals surface area contributed by atoms with Crippen molar-refractivity contribution in [3.05, 3.63) is 57.0 Å². The highest BCUT2D eigenvalue weighted by Gasteiger charge is 2.19. The second kappa shape index (κ2) is 5.89. The largest absolute Gasteiger partial charge is 0.451 e. The van der Waals surface area contributed by atoms with Crippen LogP contribution >= 0.6 is 11.3 Å². The van der Waals surface area contributed by atoms with Crippen LogP contribution in [0, 0.1) is 20.8 Å². The Morgan fingerprint density at radius 1 is 1.04 bits per heavy atom. The fraction of sp³-hybridized carbons (Fsp3) is 0.176. The lowest BCUT2D eigenvalue weighted by Gasteiger charge is -2.06. The Balaban J connectivity index is 1.75. The van der Waals surface area contributed by atoms with E-state index < -0.39 is 5.91 Å². The van der Waals surface area contributed by atoms with Gasteiger partial charge < -0.3 is 4.42 Å². The number of benzene rings is 1. The molecule has 6 heteroatoms. The zero-order chi connectivity index (χ0) is 16.6. The Morgan fingerprint density at radius 2 is 1.74 bits per heavy atom. The summed E-state index contributed by atoms with van der Waals surface area (Å²) in [7, 11) is 0. The fourth-order valence-electron chi connectivity index (χ4n) is 2.48. The summed E-state index contributed by atoms with van der Waals surface area (Å²) >= 11 is 1.54. The van der Waals surface area contributed by atoms with Gasteiger partial charge in [-0.2, -0.15) is 0 Å². The molecule has 3 rings (SSSR count). The molecule has 2 N–H and O–H groups in total. The van der Waals surface area contributed by atoms with Gasteiger partial charge in [0.05, 0.1) is 5.56 Å². The standard InChI is InChI=1S/C17H16N2O3S/c1-9-8-13(11(3)23-9)16(20)18-19-17(21)15-10(2)12-6-4-5-7-14(12)22-15/h4-8H,1-3H3,(H,18,20)(H,19,21). The van der Waals surface area contributed by atoms with Crippen LogP contribution in [0.25, 0.3) is 11.0 Å². The number of amides is 2. The summed E-state index contributed by atoms with van der Waals surface area (Å²) in [6, 6.07) is 9.22. The van der Waals surface area contributed by atoms with E-state index in [0.29, 0.717) is 11.1 Å². The average Bonchev–Trinajstić information content (AvgIpc) is 3.05. The number of para-hydroxylation sites is 1. The van der Waals surface area contributed by atoms with Gasteiger partial charge in [-0.15, -0.1) is 11.3 Å². The minimum absolute atomic E-state index is 0.199. The third-order valence-corrected chi connectivity index (χ3v) is 4.59. The van der Waals surface area contributed by atoms with Crippen molar-refractivity contribution in [1.82, 2.24) is 10.9 Å². The van der Waals surface area contributed by atoms with Crippen LogP contribution in [0.5, 0.6) is 0 Å². The number of hydrogen-bond donors (Lipinski definition) is 2. The van der Waals surface area contributed by atoms with Crippen LogP contribution in [0.1, 0.15) is 36.2 Å². The van der Waals surface area contributed by atoms with Crippen LogP contribution in [-0.2, 0) is 0 Å². The van der Waals surface area contributed by atoms with Gasteiger partial charge in [-0.05, 0) is 32.9 Å². The Morgan fingerprint density at radius 3 is 2.39 bits per heavy atom. The monoisotopic (exact) mass is 328 g/mol. The molecule has 2 aromatic heterocycles. The molecule has 118 valence electrons. The normalized spacial score (nSPS) is 10.7. The van der Waals surface area contributed by atoms with E-state index in [1.165, 1.54) is 0 Å². The Kier molecular flexibility index (Phi) is 3.92. The molecule has 0 spiro atoms. The number of carbonyl (C=O) groups is 2. The molecule has 0 saturated carbocycles. The van der Waals surface area contributed by atoms with Crippen molar-refractivity contribution < 1.29 is 14.0 Å². The van der Waals surface area contributed by atoms with E-state index >= 15 is 0 Å². The van der Waals surface area contributed by atoms with Gasteiger partial charge in [-0.1, -0.05) is 18.2 Å². The van der Waals surface area contributed by atoms with E-state index in [2.05, 4.69) is 10.9 Å². The number of carbonyl (C=O) groups excluding carboxylic acids is 2. The lowest BCUT2D eigenvalue weighted by molar-refractivity contribution is 0.0831. The molecule has 2 amide bonds. The van der Waals surface area contributed by atoms with Gasteiger partial charge in [0.25, 0.3) is 5.91 Å². The molecule has 0 aliphatic carbocycles. The van der Waals surface area contributed by atoms with E-state index in [0.717, 1.165) is 20.7 Å². The molecule has 0 atom stereocenters. The maximum atomic E-state index is 12.2. The van der Waals surface area contributed by atoms with Gasteiger partial charge in [0.2, 0.25) is 0 Å². The van der Waals surface area contributed by atoms with Crippen LogP contribution in [-0.4, -0.2) is 11.8 Å². The van der Waals surface area contributed by atoms with Crippen molar-refractivity contribution in [1.29, 1.82) is 0 Å². The molecular formula is C17H16N2O3S. The first-order valence-corrected chi connectivity index (χ1v) is 7.95. The zero-order valence-corrected chi connectivity index (χ0v) is 13.8. The summed E-state index contributed by atoms with van der Waals surface area (Å²) in [5, 5.41) is 0.883. The minimum Gasteiger partial charge on any atom is -0.451 e. The summed E-state index contributed by atoms with van der Waals surface area (Å²) < 4.78 is 5.57. The van der Waals surface area contributed by atoms with E-state index in [4.69, 9.17) is 4.42 Å². The summed E-state index contributed by atoms with van der Waals surface area (Å²) in [6.07, 6.45) is 0. The molecule has 0 saturated heterocycles. The predicted molar refractivity (Wildman–Crippen MR) is 89.7 cm³/mol. The van der Waals surface area contributed by atoms with Crippen molar-refractivity contribution >= 4 is 34.1 Å². The molecule has 0 radical (unpaired) electrons. The number of thiophene rings is 1. The van der Waals surface area contributed by atoms with E-state index in [1.54, 1.807) is 23.5 Å². The predicted octanol–water partition coefficient (Wildman–Crippen LogP) is 3.49. The van der Waals surface area contributed by atoms with Crippen LogP contribution in [0.3, 0.4) is 0 Å². The van der Waals surface area contributed by atoms with Gasteiger partial charge in [-0.3, -0.25) is 20.4 Å². The molecule has 1 aromatic carbocycles. The maximum absolute atomic E-state index is 12.2. The van der Waals surface area contributed by atoms with Crippen molar-refractivity contribution in [2.24, 2.45) is 0 Å². The van der Waals surface area contributed by atoms with Gasteiger partial charge in [0.15, 0.2) is 5.76 Å². The lowest BCUT2D eigenvalue weighted by atomic mass is 10.1. The Bertz CT molecular complexity index is 908. The first-order chi connectivity index (χ1) is 11.0. The first-order valence-electron chi connectivity index (χ1n) is 7.13. The smallest absolute Gasteiger partial charge is 0.305 e. The maximum Gasteiger partial charge on any atom is 0.305 e. The topological polar surface area (TPSA) is 71.3 Å². The summed E-state index contributed by atoms with van der Waals surface area (Å²) in [5.41, 5.74) is 6.79. The molecular weight excluding hydrogens is 312 g/mol. The van der Waals surface area contributed by atoms with E-state index in [1.807, 2.05) is 39.0 Å². The number of hydrazine groups is 1. The molecule has 5 nitrogen and oxygen atoms in total. The Hall–Kier alpha value is -2.60. The van der Waals surface area contributed by atoms with Crippen LogP contribution in [0.4, 0.5) is 0 Å². The van der Waals surface area contributed by atoms with Gasteiger partial charge >= 0.3 is 5.91 Å². The van der Waals surface area contributed by atoms with Gasteiger partial charge in [0.1, 0.15) is 5.58 Å². The minimum atomic E-state index is -0.475. The molecule has 0 aliphatic heterocycles. The van der Waals surface area contributed by atoms with Gasteiger partial charge in [0, 0.05) is 20.7 Å². The van der Waals surface area contributed by atoms with Crippen molar-refractivity contribution in [3.8, 4) is 0 Å². The van der Waals surface area contributed by atoms with Crippen molar-refractivity contribution in [3.63, 3.8) is 0 Å². The third kappa shape index (κ3) is 2.85. The highest BCUT2D eigenvalue weighted by Crippen LogP contribution is 2.24. The zero-order valence-electron chi connectivity index (χ0n) is 13.0. The molecule has 0 bridgehead atoms. The van der Waals surface area contributed by atoms with Crippen LogP contribution < -0.4 is 10.9 Å². The molecule has 3 aromatic rings. The molecule has 0 unspecified atom stereocenters. The number of furan rings is 1. The van der Waals surface area contributed by atoms with E-state index in [-0.39, 0.29) is 11.7 Å². The van der Waals surface area contributed by atoms with Crippen molar-refractivity contribution in [2.45, 2.75) is 20.8 Å². The molecule has 2 heterocycles. The number of fused-ring (bicyclic) bond motifs is 1. The summed E-state index contributed by atoms with van der Waals surface area (Å²) in [4.78, 5) is 26.3. The number of aryl methyl sites for hydroxylation is 3. The lowest BCUT2D eigenvalue weighted by Crippen LogP contribution is -2.41. The molecule has 0 fully saturated rings. The second-order valence-corrected chi connectivity index (χ2v) is 6.75. The highest BCUT2D eigenvalue weighted by atomic mass is 32.1. The third-order valence-electron chi connectivity index (χ3n) is 3.63. The van der Waals surface area contributed by atoms with E-state index in [9.17, 15) is 9.59 Å². The number of rotatable bonds is 2. The average molecular weight is 328 g/mol. The Labute approximate surface area is 137 Å². The fourth-order valence-corrected chi connectivity index (χ4v) is 3.41. The first kappa shape index (κ1) is 15.3. The van der Waals surface area contributed by atoms with Crippen molar-refractivity contribution in [2.75, 3.05) is 0 Å². The van der Waals surface area contributed by atoms with Crippen LogP contribution in [0.2, 0.25) is 0 Å². The molecule has 23 heavy (non-hydrogen) atoms. The van der Waals surface area contributed by atoms with Crippen LogP contribution in [0.15, 0.2) is 34.7 Å². The SMILES string of the molecule is Cc1cc(C(=O)NNC(=O)c2oc3ccccc3c2C)c(C)s1. The summed E-state index contributed by atoms with van der Waals surface area (Å²) in [6.45, 7) is 5.62.